The standard InChI is InChI=1S/C17H35N/c1-6-8-11-14(7-2)18-16-13-10-9-12-15(16)17(3,4)5/h14-16,18H,6-13H2,1-5H3. The predicted octanol–water partition coefficient (Wildman–Crippen LogP) is 5.15. The molecule has 1 rings (SSSR count). The fourth-order valence-electron chi connectivity index (χ4n) is 3.53. The molecule has 3 atom stereocenters. The molecule has 0 aromatic rings. The van der Waals surface area contributed by atoms with Gasteiger partial charge in [-0.2, -0.15) is 0 Å². The van der Waals surface area contributed by atoms with Crippen molar-refractivity contribution < 1.29 is 0 Å². The van der Waals surface area contributed by atoms with Crippen LogP contribution in [0, 0.1) is 11.3 Å². The molecule has 3 unspecified atom stereocenters. The zero-order valence-electron chi connectivity index (χ0n) is 13.4. The van der Waals surface area contributed by atoms with Gasteiger partial charge in [0.15, 0.2) is 0 Å². The van der Waals surface area contributed by atoms with Gasteiger partial charge in [-0.3, -0.25) is 0 Å². The number of hydrogen-bond acceptors (Lipinski definition) is 1. The topological polar surface area (TPSA) is 12.0 Å². The van der Waals surface area contributed by atoms with E-state index in [4.69, 9.17) is 0 Å². The Balaban J connectivity index is 2.55. The van der Waals surface area contributed by atoms with Gasteiger partial charge in [0.1, 0.15) is 0 Å². The van der Waals surface area contributed by atoms with E-state index in [0.29, 0.717) is 5.41 Å². The summed E-state index contributed by atoms with van der Waals surface area (Å²) in [5.74, 6) is 0.863. The molecule has 0 bridgehead atoms. The third kappa shape index (κ3) is 4.91. The Hall–Kier alpha value is -0.0400. The van der Waals surface area contributed by atoms with Crippen molar-refractivity contribution in [2.24, 2.45) is 11.3 Å². The van der Waals surface area contributed by atoms with E-state index in [1.807, 2.05) is 0 Å². The summed E-state index contributed by atoms with van der Waals surface area (Å²) < 4.78 is 0. The Morgan fingerprint density at radius 2 is 1.78 bits per heavy atom. The number of nitrogens with one attached hydrogen (secondary N) is 1. The summed E-state index contributed by atoms with van der Waals surface area (Å²) >= 11 is 0. The second kappa shape index (κ2) is 7.53. The van der Waals surface area contributed by atoms with Gasteiger partial charge in [-0.1, -0.05) is 60.3 Å². The van der Waals surface area contributed by atoms with Crippen LogP contribution in [0.15, 0.2) is 0 Å². The summed E-state index contributed by atoms with van der Waals surface area (Å²) in [6.45, 7) is 11.9. The first-order chi connectivity index (χ1) is 8.49. The van der Waals surface area contributed by atoms with E-state index in [0.717, 1.165) is 18.0 Å². The van der Waals surface area contributed by atoms with Gasteiger partial charge in [0.2, 0.25) is 0 Å². The van der Waals surface area contributed by atoms with Crippen LogP contribution in [0.25, 0.3) is 0 Å². The van der Waals surface area contributed by atoms with Crippen LogP contribution < -0.4 is 5.32 Å². The van der Waals surface area contributed by atoms with Crippen molar-refractivity contribution in [2.75, 3.05) is 0 Å². The molecule has 108 valence electrons. The van der Waals surface area contributed by atoms with Crippen molar-refractivity contribution in [3.8, 4) is 0 Å². The van der Waals surface area contributed by atoms with E-state index < -0.39 is 0 Å². The monoisotopic (exact) mass is 253 g/mol. The molecule has 0 spiro atoms. The van der Waals surface area contributed by atoms with Crippen molar-refractivity contribution in [3.05, 3.63) is 0 Å². The highest BCUT2D eigenvalue weighted by Gasteiger charge is 2.34. The third-order valence-electron chi connectivity index (χ3n) is 4.73. The Labute approximate surface area is 115 Å². The van der Waals surface area contributed by atoms with E-state index in [-0.39, 0.29) is 0 Å². The Morgan fingerprint density at radius 3 is 2.33 bits per heavy atom. The van der Waals surface area contributed by atoms with Crippen molar-refractivity contribution >= 4 is 0 Å². The Bertz CT molecular complexity index is 216. The highest BCUT2D eigenvalue weighted by Crippen LogP contribution is 2.38. The Morgan fingerprint density at radius 1 is 1.11 bits per heavy atom. The minimum atomic E-state index is 0.459. The molecular formula is C17H35N. The van der Waals surface area contributed by atoms with Gasteiger partial charge >= 0.3 is 0 Å². The van der Waals surface area contributed by atoms with Gasteiger partial charge in [0.25, 0.3) is 0 Å². The van der Waals surface area contributed by atoms with E-state index >= 15 is 0 Å². The highest BCUT2D eigenvalue weighted by molar-refractivity contribution is 4.89. The maximum atomic E-state index is 4.00. The van der Waals surface area contributed by atoms with Crippen LogP contribution in [0.3, 0.4) is 0 Å². The number of rotatable bonds is 6. The van der Waals surface area contributed by atoms with E-state index in [9.17, 15) is 0 Å². The first kappa shape index (κ1) is 16.0. The molecule has 0 saturated heterocycles. The van der Waals surface area contributed by atoms with Gasteiger partial charge in [0, 0.05) is 12.1 Å². The second-order valence-corrected chi connectivity index (χ2v) is 7.28. The average Bonchev–Trinajstić information content (AvgIpc) is 2.33. The lowest BCUT2D eigenvalue weighted by Gasteiger charge is -2.42. The molecule has 0 aliphatic heterocycles. The number of hydrogen-bond donors (Lipinski definition) is 1. The lowest BCUT2D eigenvalue weighted by Crippen LogP contribution is -2.48. The van der Waals surface area contributed by atoms with Gasteiger partial charge in [-0.05, 0) is 37.0 Å². The molecule has 1 N–H and O–H groups in total. The summed E-state index contributed by atoms with van der Waals surface area (Å²) in [6.07, 6.45) is 11.0. The fraction of sp³-hybridized carbons (Fsp3) is 1.00. The molecule has 1 aliphatic rings. The van der Waals surface area contributed by atoms with Gasteiger partial charge in [-0.25, -0.2) is 0 Å². The predicted molar refractivity (Wildman–Crippen MR) is 81.9 cm³/mol. The normalized spacial score (nSPS) is 27.2. The molecule has 0 heterocycles. The summed E-state index contributed by atoms with van der Waals surface area (Å²) in [6, 6.07) is 1.51. The minimum absolute atomic E-state index is 0.459. The van der Waals surface area contributed by atoms with Crippen LogP contribution >= 0.6 is 0 Å². The lowest BCUT2D eigenvalue weighted by molar-refractivity contribution is 0.121. The number of unbranched alkanes of at least 4 members (excludes halogenated alkanes) is 1. The van der Waals surface area contributed by atoms with E-state index in [1.165, 1.54) is 51.4 Å². The van der Waals surface area contributed by atoms with Crippen LogP contribution in [0.5, 0.6) is 0 Å². The van der Waals surface area contributed by atoms with Crippen LogP contribution in [0.1, 0.15) is 86.0 Å². The first-order valence-electron chi connectivity index (χ1n) is 8.25. The molecule has 1 aliphatic carbocycles. The minimum Gasteiger partial charge on any atom is -0.311 e. The van der Waals surface area contributed by atoms with Crippen molar-refractivity contribution in [3.63, 3.8) is 0 Å². The molecule has 1 fully saturated rings. The average molecular weight is 253 g/mol. The molecule has 0 amide bonds. The lowest BCUT2D eigenvalue weighted by atomic mass is 9.69. The van der Waals surface area contributed by atoms with Gasteiger partial charge < -0.3 is 5.32 Å². The molecule has 0 aromatic carbocycles. The quantitative estimate of drug-likeness (QED) is 0.690. The SMILES string of the molecule is CCCCC(CC)NC1CCCCC1C(C)(C)C. The summed E-state index contributed by atoms with van der Waals surface area (Å²) in [7, 11) is 0. The van der Waals surface area contributed by atoms with Crippen LogP contribution in [-0.4, -0.2) is 12.1 Å². The van der Waals surface area contributed by atoms with Crippen molar-refractivity contribution in [1.29, 1.82) is 0 Å². The zero-order valence-corrected chi connectivity index (χ0v) is 13.4. The Kier molecular flexibility index (Phi) is 6.70. The van der Waals surface area contributed by atoms with E-state index in [2.05, 4.69) is 39.9 Å². The molecule has 1 heteroatoms. The largest absolute Gasteiger partial charge is 0.311 e. The molecule has 18 heavy (non-hydrogen) atoms. The van der Waals surface area contributed by atoms with Crippen LogP contribution in [0.2, 0.25) is 0 Å². The summed E-state index contributed by atoms with van der Waals surface area (Å²) in [4.78, 5) is 0. The maximum absolute atomic E-state index is 4.00. The third-order valence-corrected chi connectivity index (χ3v) is 4.73. The fourth-order valence-corrected chi connectivity index (χ4v) is 3.53. The molecular weight excluding hydrogens is 218 g/mol. The summed E-state index contributed by atoms with van der Waals surface area (Å²) in [5, 5.41) is 4.00. The van der Waals surface area contributed by atoms with E-state index in [1.54, 1.807) is 0 Å². The maximum Gasteiger partial charge on any atom is 0.0103 e. The smallest absolute Gasteiger partial charge is 0.0103 e. The highest BCUT2D eigenvalue weighted by atomic mass is 15.0. The van der Waals surface area contributed by atoms with Gasteiger partial charge in [0.05, 0.1) is 0 Å². The summed E-state index contributed by atoms with van der Waals surface area (Å²) in [5.41, 5.74) is 0.459. The molecule has 1 nitrogen and oxygen atoms in total. The van der Waals surface area contributed by atoms with Crippen LogP contribution in [0.4, 0.5) is 0 Å². The molecule has 1 saturated carbocycles. The molecule has 0 radical (unpaired) electrons. The van der Waals surface area contributed by atoms with Gasteiger partial charge in [-0.15, -0.1) is 0 Å². The van der Waals surface area contributed by atoms with Crippen LogP contribution in [-0.2, 0) is 0 Å². The first-order valence-corrected chi connectivity index (χ1v) is 8.25. The second-order valence-electron chi connectivity index (χ2n) is 7.28. The van der Waals surface area contributed by atoms with Crippen molar-refractivity contribution in [1.82, 2.24) is 5.32 Å². The zero-order chi connectivity index (χ0) is 13.6. The van der Waals surface area contributed by atoms with Crippen molar-refractivity contribution in [2.45, 2.75) is 98.1 Å². The molecule has 0 aromatic heterocycles.